The molecule has 1 aromatic heterocycles. The molecule has 0 spiro atoms. The van der Waals surface area contributed by atoms with E-state index in [0.29, 0.717) is 16.3 Å². The first-order valence-electron chi connectivity index (χ1n) is 8.09. The molecule has 136 valence electrons. The Morgan fingerprint density at radius 2 is 1.92 bits per heavy atom. The molecule has 0 aliphatic heterocycles. The Morgan fingerprint density at radius 3 is 2.62 bits per heavy atom. The number of sulfonamides is 1. The van der Waals surface area contributed by atoms with E-state index in [2.05, 4.69) is 15.0 Å². The zero-order valence-electron chi connectivity index (χ0n) is 14.7. The number of hydrogen-bond acceptors (Lipinski definition) is 5. The Kier molecular flexibility index (Phi) is 5.08. The highest BCUT2D eigenvalue weighted by Crippen LogP contribution is 2.28. The summed E-state index contributed by atoms with van der Waals surface area (Å²) in [5.41, 5.74) is 2.89. The van der Waals surface area contributed by atoms with Gasteiger partial charge in [-0.25, -0.2) is 18.1 Å². The van der Waals surface area contributed by atoms with Crippen LogP contribution in [0.25, 0.3) is 10.2 Å². The van der Waals surface area contributed by atoms with Crippen molar-refractivity contribution >= 4 is 42.6 Å². The van der Waals surface area contributed by atoms with Crippen LogP contribution in [0.3, 0.4) is 0 Å². The molecule has 26 heavy (non-hydrogen) atoms. The molecule has 3 aromatic rings. The minimum atomic E-state index is -3.63. The fourth-order valence-electron chi connectivity index (χ4n) is 2.59. The molecule has 3 rings (SSSR count). The van der Waals surface area contributed by atoms with Gasteiger partial charge in [0, 0.05) is 12.1 Å². The number of para-hydroxylation sites is 1. The van der Waals surface area contributed by atoms with E-state index in [1.807, 2.05) is 25.1 Å². The van der Waals surface area contributed by atoms with Crippen LogP contribution in [0, 0.1) is 13.8 Å². The Labute approximate surface area is 156 Å². The Balaban J connectivity index is 1.92. The summed E-state index contributed by atoms with van der Waals surface area (Å²) in [6, 6.07) is 10.4. The monoisotopic (exact) mass is 389 g/mol. The number of nitrogens with zero attached hydrogens (tertiary/aromatic N) is 1. The molecular weight excluding hydrogens is 370 g/mol. The molecule has 0 saturated carbocycles. The molecule has 6 nitrogen and oxygen atoms in total. The summed E-state index contributed by atoms with van der Waals surface area (Å²) in [7, 11) is -3.63. The van der Waals surface area contributed by atoms with Gasteiger partial charge in [-0.3, -0.25) is 10.1 Å². The van der Waals surface area contributed by atoms with Crippen molar-refractivity contribution < 1.29 is 13.2 Å². The van der Waals surface area contributed by atoms with Crippen molar-refractivity contribution in [3.8, 4) is 0 Å². The molecule has 0 bridgehead atoms. The number of aromatic nitrogens is 1. The number of nitrogens with one attached hydrogen (secondary N) is 2. The number of anilines is 1. The molecule has 1 amide bonds. The van der Waals surface area contributed by atoms with Gasteiger partial charge in [0.25, 0.3) is 5.91 Å². The number of carbonyl (C=O) groups excluding carboxylic acids is 1. The van der Waals surface area contributed by atoms with E-state index in [-0.39, 0.29) is 17.3 Å². The second kappa shape index (κ2) is 7.14. The number of thiazole rings is 1. The standard InChI is InChI=1S/C18H19N3O3S2/c1-4-19-26(23,24)13-9-8-11(2)14(10-13)17(22)21-18-20-16-12(3)6-5-7-15(16)25-18/h5-10,19H,4H2,1-3H3,(H,20,21,22). The maximum Gasteiger partial charge on any atom is 0.257 e. The normalized spacial score (nSPS) is 11.7. The summed E-state index contributed by atoms with van der Waals surface area (Å²) in [5, 5.41) is 3.26. The highest BCUT2D eigenvalue weighted by molar-refractivity contribution is 7.89. The topological polar surface area (TPSA) is 88.2 Å². The van der Waals surface area contributed by atoms with Crippen molar-refractivity contribution in [1.82, 2.24) is 9.71 Å². The third kappa shape index (κ3) is 3.62. The van der Waals surface area contributed by atoms with Gasteiger partial charge in [-0.05, 0) is 43.2 Å². The van der Waals surface area contributed by atoms with Gasteiger partial charge in [-0.2, -0.15) is 0 Å². The zero-order chi connectivity index (χ0) is 18.9. The van der Waals surface area contributed by atoms with E-state index >= 15 is 0 Å². The zero-order valence-corrected chi connectivity index (χ0v) is 16.3. The van der Waals surface area contributed by atoms with Crippen LogP contribution < -0.4 is 10.0 Å². The van der Waals surface area contributed by atoms with Gasteiger partial charge in [-0.15, -0.1) is 0 Å². The summed E-state index contributed by atoms with van der Waals surface area (Å²) < 4.78 is 27.8. The first-order chi connectivity index (χ1) is 12.3. The highest BCUT2D eigenvalue weighted by Gasteiger charge is 2.18. The number of amides is 1. The summed E-state index contributed by atoms with van der Waals surface area (Å²) in [4.78, 5) is 17.2. The fraction of sp³-hybridized carbons (Fsp3) is 0.222. The average Bonchev–Trinajstić information content (AvgIpc) is 2.98. The van der Waals surface area contributed by atoms with Gasteiger partial charge in [0.15, 0.2) is 5.13 Å². The van der Waals surface area contributed by atoms with E-state index in [1.165, 1.54) is 23.5 Å². The maximum atomic E-state index is 12.7. The van der Waals surface area contributed by atoms with E-state index in [0.717, 1.165) is 15.8 Å². The van der Waals surface area contributed by atoms with Gasteiger partial charge in [-0.1, -0.05) is 36.5 Å². The molecule has 0 atom stereocenters. The van der Waals surface area contributed by atoms with E-state index < -0.39 is 10.0 Å². The molecule has 2 N–H and O–H groups in total. The minimum absolute atomic E-state index is 0.0650. The third-order valence-corrected chi connectivity index (χ3v) is 6.42. The fourth-order valence-corrected chi connectivity index (χ4v) is 4.60. The van der Waals surface area contributed by atoms with Crippen LogP contribution >= 0.6 is 11.3 Å². The average molecular weight is 390 g/mol. The largest absolute Gasteiger partial charge is 0.298 e. The van der Waals surface area contributed by atoms with Crippen LogP contribution in [0.4, 0.5) is 5.13 Å². The predicted molar refractivity (Wildman–Crippen MR) is 104 cm³/mol. The van der Waals surface area contributed by atoms with Gasteiger partial charge in [0.2, 0.25) is 10.0 Å². The number of hydrogen-bond donors (Lipinski definition) is 2. The van der Waals surface area contributed by atoms with Crippen LogP contribution in [-0.2, 0) is 10.0 Å². The first kappa shape index (κ1) is 18.5. The molecule has 2 aromatic carbocycles. The van der Waals surface area contributed by atoms with Crippen molar-refractivity contribution in [2.75, 3.05) is 11.9 Å². The van der Waals surface area contributed by atoms with Crippen molar-refractivity contribution in [3.63, 3.8) is 0 Å². The van der Waals surface area contributed by atoms with Crippen molar-refractivity contribution in [3.05, 3.63) is 53.1 Å². The van der Waals surface area contributed by atoms with Crippen LogP contribution in [-0.4, -0.2) is 25.9 Å². The Morgan fingerprint density at radius 1 is 1.15 bits per heavy atom. The van der Waals surface area contributed by atoms with Crippen LogP contribution in [0.15, 0.2) is 41.3 Å². The predicted octanol–water partition coefficient (Wildman–Crippen LogP) is 3.46. The summed E-state index contributed by atoms with van der Waals surface area (Å²) in [5.74, 6) is -0.382. The van der Waals surface area contributed by atoms with Gasteiger partial charge >= 0.3 is 0 Å². The van der Waals surface area contributed by atoms with Crippen molar-refractivity contribution in [1.29, 1.82) is 0 Å². The Bertz CT molecular complexity index is 1090. The lowest BCUT2D eigenvalue weighted by atomic mass is 10.1. The second-order valence-corrected chi connectivity index (χ2v) is 8.67. The number of rotatable bonds is 5. The van der Waals surface area contributed by atoms with Crippen LogP contribution in [0.2, 0.25) is 0 Å². The number of carbonyl (C=O) groups is 1. The summed E-state index contributed by atoms with van der Waals surface area (Å²) in [6.07, 6.45) is 0. The molecule has 0 saturated heterocycles. The Hall–Kier alpha value is -2.29. The van der Waals surface area contributed by atoms with Crippen molar-refractivity contribution in [2.45, 2.75) is 25.7 Å². The molecule has 0 aliphatic rings. The summed E-state index contributed by atoms with van der Waals surface area (Å²) in [6.45, 7) is 5.71. The lowest BCUT2D eigenvalue weighted by Gasteiger charge is -2.09. The molecule has 8 heteroatoms. The van der Waals surface area contributed by atoms with E-state index in [1.54, 1.807) is 19.9 Å². The van der Waals surface area contributed by atoms with E-state index in [9.17, 15) is 13.2 Å². The van der Waals surface area contributed by atoms with Crippen molar-refractivity contribution in [2.24, 2.45) is 0 Å². The number of aryl methyl sites for hydroxylation is 2. The quantitative estimate of drug-likeness (QED) is 0.699. The first-order valence-corrected chi connectivity index (χ1v) is 10.4. The molecule has 0 fully saturated rings. The minimum Gasteiger partial charge on any atom is -0.298 e. The number of fused-ring (bicyclic) bond motifs is 1. The molecule has 0 unspecified atom stereocenters. The van der Waals surface area contributed by atoms with E-state index in [4.69, 9.17) is 0 Å². The molecular formula is C18H19N3O3S2. The van der Waals surface area contributed by atoms with Crippen LogP contribution in [0.1, 0.15) is 28.4 Å². The van der Waals surface area contributed by atoms with Gasteiger partial charge in [0.05, 0.1) is 15.1 Å². The smallest absolute Gasteiger partial charge is 0.257 e. The highest BCUT2D eigenvalue weighted by atomic mass is 32.2. The molecule has 0 aliphatic carbocycles. The SMILES string of the molecule is CCNS(=O)(=O)c1ccc(C)c(C(=O)Nc2nc3c(C)cccc3s2)c1. The lowest BCUT2D eigenvalue weighted by molar-refractivity contribution is 0.102. The molecule has 0 radical (unpaired) electrons. The maximum absolute atomic E-state index is 12.7. The number of benzene rings is 2. The summed E-state index contributed by atoms with van der Waals surface area (Å²) >= 11 is 1.38. The van der Waals surface area contributed by atoms with Gasteiger partial charge in [0.1, 0.15) is 0 Å². The third-order valence-electron chi connectivity index (χ3n) is 3.94. The lowest BCUT2D eigenvalue weighted by Crippen LogP contribution is -2.24. The molecule has 1 heterocycles. The van der Waals surface area contributed by atoms with Gasteiger partial charge < -0.3 is 0 Å². The van der Waals surface area contributed by atoms with Crippen LogP contribution in [0.5, 0.6) is 0 Å². The second-order valence-electron chi connectivity index (χ2n) is 5.87.